The molecule has 5 heteroatoms. The lowest BCUT2D eigenvalue weighted by atomic mass is 9.98. The number of hydrazone groups is 1. The van der Waals surface area contributed by atoms with E-state index in [-0.39, 0.29) is 6.04 Å². The van der Waals surface area contributed by atoms with Gasteiger partial charge in [-0.2, -0.15) is 5.10 Å². The number of benzene rings is 4. The van der Waals surface area contributed by atoms with E-state index >= 15 is 0 Å². The maximum Gasteiger partial charge on any atom is 0.204 e. The SMILES string of the molecule is CC(C)n1c(NCc2ccc(N3N=C(c4ccccc4)C[C@H]3c3ccccc3)cc2)nc2ccccc21. The fraction of sp³-hybridized carbons (Fsp3) is 0.188. The largest absolute Gasteiger partial charge is 0.352 e. The average Bonchev–Trinajstić information content (AvgIpc) is 3.55. The molecule has 184 valence electrons. The van der Waals surface area contributed by atoms with Crippen molar-refractivity contribution >= 4 is 28.4 Å². The Labute approximate surface area is 218 Å². The summed E-state index contributed by atoms with van der Waals surface area (Å²) in [7, 11) is 0. The van der Waals surface area contributed by atoms with Crippen LogP contribution in [0.5, 0.6) is 0 Å². The Morgan fingerprint density at radius 3 is 2.22 bits per heavy atom. The zero-order chi connectivity index (χ0) is 25.2. The molecule has 37 heavy (non-hydrogen) atoms. The molecule has 1 aliphatic rings. The van der Waals surface area contributed by atoms with Crippen LogP contribution in [-0.4, -0.2) is 15.3 Å². The molecule has 5 nitrogen and oxygen atoms in total. The lowest BCUT2D eigenvalue weighted by Gasteiger charge is -2.24. The zero-order valence-electron chi connectivity index (χ0n) is 21.3. The van der Waals surface area contributed by atoms with Crippen molar-refractivity contribution in [1.82, 2.24) is 9.55 Å². The summed E-state index contributed by atoms with van der Waals surface area (Å²) >= 11 is 0. The monoisotopic (exact) mass is 485 g/mol. The summed E-state index contributed by atoms with van der Waals surface area (Å²) in [5.41, 5.74) is 8.04. The van der Waals surface area contributed by atoms with E-state index in [0.29, 0.717) is 12.6 Å². The predicted molar refractivity (Wildman–Crippen MR) is 153 cm³/mol. The van der Waals surface area contributed by atoms with Crippen LogP contribution in [0.15, 0.2) is 114 Å². The van der Waals surface area contributed by atoms with E-state index in [1.807, 2.05) is 6.07 Å². The van der Waals surface area contributed by atoms with Crippen LogP contribution in [0.1, 0.15) is 49.0 Å². The summed E-state index contributed by atoms with van der Waals surface area (Å²) in [6.07, 6.45) is 0.878. The fourth-order valence-corrected chi connectivity index (χ4v) is 5.13. The van der Waals surface area contributed by atoms with E-state index in [1.165, 1.54) is 16.7 Å². The fourth-order valence-electron chi connectivity index (χ4n) is 5.13. The molecule has 0 spiro atoms. The van der Waals surface area contributed by atoms with E-state index in [1.54, 1.807) is 0 Å². The third kappa shape index (κ3) is 4.60. The van der Waals surface area contributed by atoms with E-state index in [0.717, 1.165) is 34.8 Å². The second-order valence-electron chi connectivity index (χ2n) is 9.80. The van der Waals surface area contributed by atoms with Crippen LogP contribution in [0.2, 0.25) is 0 Å². The van der Waals surface area contributed by atoms with Gasteiger partial charge in [0.15, 0.2) is 0 Å². The van der Waals surface area contributed by atoms with Crippen molar-refractivity contribution in [3.8, 4) is 0 Å². The first-order chi connectivity index (χ1) is 18.2. The molecule has 4 aromatic carbocycles. The van der Waals surface area contributed by atoms with Crippen LogP contribution < -0.4 is 10.3 Å². The van der Waals surface area contributed by atoms with Gasteiger partial charge < -0.3 is 9.88 Å². The van der Waals surface area contributed by atoms with Crippen LogP contribution in [0.4, 0.5) is 11.6 Å². The van der Waals surface area contributed by atoms with Gasteiger partial charge in [-0.05, 0) is 54.8 Å². The van der Waals surface area contributed by atoms with Crippen molar-refractivity contribution < 1.29 is 0 Å². The number of nitrogens with one attached hydrogen (secondary N) is 1. The Kier molecular flexibility index (Phi) is 6.19. The highest BCUT2D eigenvalue weighted by atomic mass is 15.5. The second-order valence-corrected chi connectivity index (χ2v) is 9.80. The molecule has 1 aliphatic heterocycles. The molecular weight excluding hydrogens is 454 g/mol. The smallest absolute Gasteiger partial charge is 0.204 e. The summed E-state index contributed by atoms with van der Waals surface area (Å²) < 4.78 is 2.26. The second kappa shape index (κ2) is 9.94. The third-order valence-corrected chi connectivity index (χ3v) is 6.97. The highest BCUT2D eigenvalue weighted by molar-refractivity contribution is 6.03. The number of nitrogens with zero attached hydrogens (tertiary/aromatic N) is 4. The quantitative estimate of drug-likeness (QED) is 0.258. The predicted octanol–water partition coefficient (Wildman–Crippen LogP) is 7.59. The van der Waals surface area contributed by atoms with Gasteiger partial charge in [0.05, 0.1) is 28.5 Å². The summed E-state index contributed by atoms with van der Waals surface area (Å²) in [5.74, 6) is 0.904. The van der Waals surface area contributed by atoms with Gasteiger partial charge in [0.2, 0.25) is 5.95 Å². The van der Waals surface area contributed by atoms with Gasteiger partial charge in [-0.25, -0.2) is 4.98 Å². The molecule has 0 unspecified atom stereocenters. The van der Waals surface area contributed by atoms with Gasteiger partial charge in [0, 0.05) is 19.0 Å². The number of imidazole rings is 1. The van der Waals surface area contributed by atoms with E-state index in [2.05, 4.69) is 132 Å². The molecule has 2 heterocycles. The lowest BCUT2D eigenvalue weighted by Crippen LogP contribution is -2.18. The Bertz CT molecular complexity index is 1520. The minimum atomic E-state index is 0.173. The number of fused-ring (bicyclic) bond motifs is 1. The maximum absolute atomic E-state index is 5.09. The molecule has 0 bridgehead atoms. The lowest BCUT2D eigenvalue weighted by molar-refractivity contribution is 0.622. The molecule has 0 radical (unpaired) electrons. The van der Waals surface area contributed by atoms with Crippen LogP contribution in [0, 0.1) is 0 Å². The van der Waals surface area contributed by atoms with Crippen LogP contribution in [-0.2, 0) is 6.54 Å². The summed E-state index contributed by atoms with van der Waals surface area (Å²) in [4.78, 5) is 4.84. The molecule has 5 aromatic rings. The molecule has 0 aliphatic carbocycles. The van der Waals surface area contributed by atoms with Crippen molar-refractivity contribution in [2.75, 3.05) is 10.3 Å². The minimum Gasteiger partial charge on any atom is -0.352 e. The molecule has 0 fully saturated rings. The number of aromatic nitrogens is 2. The zero-order valence-corrected chi connectivity index (χ0v) is 21.3. The van der Waals surface area contributed by atoms with E-state index in [4.69, 9.17) is 10.1 Å². The molecule has 0 saturated heterocycles. The van der Waals surface area contributed by atoms with Gasteiger partial charge in [-0.1, -0.05) is 84.9 Å². The van der Waals surface area contributed by atoms with Crippen molar-refractivity contribution in [1.29, 1.82) is 0 Å². The van der Waals surface area contributed by atoms with Gasteiger partial charge in [0.1, 0.15) is 0 Å². The number of anilines is 2. The van der Waals surface area contributed by atoms with Crippen LogP contribution in [0.25, 0.3) is 11.0 Å². The first kappa shape index (κ1) is 23.0. The standard InChI is InChI=1S/C32H31N5/c1-23(2)36-30-16-10-9-15-28(30)34-32(36)33-22-24-17-19-27(20-18-24)37-31(26-13-7-4-8-14-26)21-29(35-37)25-11-5-3-6-12-25/h3-20,23,31H,21-22H2,1-2H3,(H,33,34)/t31-/m0/s1. The number of para-hydroxylation sites is 2. The molecular formula is C32H31N5. The van der Waals surface area contributed by atoms with Crippen molar-refractivity contribution in [2.24, 2.45) is 5.10 Å². The maximum atomic E-state index is 5.09. The Balaban J connectivity index is 1.24. The Morgan fingerprint density at radius 1 is 0.811 bits per heavy atom. The molecule has 0 saturated carbocycles. The normalized spacial score (nSPS) is 15.4. The molecule has 0 amide bonds. The van der Waals surface area contributed by atoms with Crippen LogP contribution >= 0.6 is 0 Å². The summed E-state index contributed by atoms with van der Waals surface area (Å²) in [6.45, 7) is 5.09. The van der Waals surface area contributed by atoms with Crippen molar-refractivity contribution in [2.45, 2.75) is 38.9 Å². The van der Waals surface area contributed by atoms with Gasteiger partial charge in [-0.15, -0.1) is 0 Å². The molecule has 1 aromatic heterocycles. The first-order valence-corrected chi connectivity index (χ1v) is 12.9. The highest BCUT2D eigenvalue weighted by Gasteiger charge is 2.29. The molecule has 1 N–H and O–H groups in total. The molecule has 1 atom stereocenters. The first-order valence-electron chi connectivity index (χ1n) is 12.9. The summed E-state index contributed by atoms with van der Waals surface area (Å²) in [6, 6.07) is 38.7. The summed E-state index contributed by atoms with van der Waals surface area (Å²) in [5, 5.41) is 10.8. The number of hydrogen-bond donors (Lipinski definition) is 1. The van der Waals surface area contributed by atoms with Crippen LogP contribution in [0.3, 0.4) is 0 Å². The van der Waals surface area contributed by atoms with Crippen molar-refractivity contribution in [3.63, 3.8) is 0 Å². The number of hydrogen-bond acceptors (Lipinski definition) is 4. The van der Waals surface area contributed by atoms with E-state index in [9.17, 15) is 0 Å². The Hall–Kier alpha value is -4.38. The Morgan fingerprint density at radius 2 is 1.49 bits per heavy atom. The average molecular weight is 486 g/mol. The van der Waals surface area contributed by atoms with Gasteiger partial charge >= 0.3 is 0 Å². The van der Waals surface area contributed by atoms with Gasteiger partial charge in [0.25, 0.3) is 0 Å². The molecule has 6 rings (SSSR count). The topological polar surface area (TPSA) is 45.5 Å². The highest BCUT2D eigenvalue weighted by Crippen LogP contribution is 2.36. The third-order valence-electron chi connectivity index (χ3n) is 6.97. The van der Waals surface area contributed by atoms with Crippen molar-refractivity contribution in [3.05, 3.63) is 126 Å². The number of rotatable bonds is 7. The minimum absolute atomic E-state index is 0.173. The van der Waals surface area contributed by atoms with Gasteiger partial charge in [-0.3, -0.25) is 5.01 Å². The van der Waals surface area contributed by atoms with E-state index < -0.39 is 0 Å².